The molecule has 0 saturated heterocycles. The number of nitrogens with one attached hydrogen (secondary N) is 1. The van der Waals surface area contributed by atoms with Crippen molar-refractivity contribution >= 4 is 11.5 Å². The van der Waals surface area contributed by atoms with E-state index in [1.807, 2.05) is 0 Å². The minimum Gasteiger partial charge on any atom is -0.368 e. The van der Waals surface area contributed by atoms with Gasteiger partial charge < -0.3 is 5.32 Å². The molecule has 0 aromatic heterocycles. The van der Waals surface area contributed by atoms with Crippen LogP contribution in [0.2, 0.25) is 0 Å². The first-order chi connectivity index (χ1) is 10.6. The Hall–Kier alpha value is -1.71. The van der Waals surface area contributed by atoms with Crippen LogP contribution in [0.25, 0.3) is 0 Å². The van der Waals surface area contributed by atoms with Crippen LogP contribution in [0.1, 0.15) is 51.0 Å². The summed E-state index contributed by atoms with van der Waals surface area (Å²) in [5.74, 6) is 0.824. The second kappa shape index (κ2) is 6.59. The summed E-state index contributed by atoms with van der Waals surface area (Å²) in [6.45, 7) is 3.73. The van der Waals surface area contributed by atoms with Crippen LogP contribution >= 0.6 is 0 Å². The maximum Gasteiger partial charge on any atom is 0.123 e. The van der Waals surface area contributed by atoms with E-state index in [9.17, 15) is 4.39 Å². The van der Waals surface area contributed by atoms with Crippen molar-refractivity contribution in [3.05, 3.63) is 35.6 Å². The smallest absolute Gasteiger partial charge is 0.123 e. The zero-order valence-electron chi connectivity index (χ0n) is 13.2. The van der Waals surface area contributed by atoms with E-state index in [4.69, 9.17) is 0 Å². The number of halogens is 1. The van der Waals surface area contributed by atoms with Crippen LogP contribution in [0.15, 0.2) is 34.3 Å². The fraction of sp³-hybridized carbons (Fsp3) is 0.556. The Balaban J connectivity index is 1.72. The summed E-state index contributed by atoms with van der Waals surface area (Å²) in [5, 5.41) is 3.68. The van der Waals surface area contributed by atoms with Crippen LogP contribution in [0.5, 0.6) is 0 Å². The molecule has 1 aliphatic heterocycles. The number of aliphatic imine (C=N–C) groups is 2. The Kier molecular flexibility index (Phi) is 4.55. The predicted octanol–water partition coefficient (Wildman–Crippen LogP) is 3.73. The molecule has 4 heteroatoms. The predicted molar refractivity (Wildman–Crippen MR) is 89.3 cm³/mol. The van der Waals surface area contributed by atoms with Crippen LogP contribution in [0.4, 0.5) is 4.39 Å². The van der Waals surface area contributed by atoms with Crippen molar-refractivity contribution in [2.24, 2.45) is 9.98 Å². The fourth-order valence-corrected chi connectivity index (χ4v) is 3.37. The van der Waals surface area contributed by atoms with Gasteiger partial charge in [0.25, 0.3) is 0 Å². The Bertz CT molecular complexity index is 568. The molecule has 0 atom stereocenters. The lowest BCUT2D eigenvalue weighted by Gasteiger charge is -2.36. The Morgan fingerprint density at radius 3 is 2.41 bits per heavy atom. The topological polar surface area (TPSA) is 36.8 Å². The third kappa shape index (κ3) is 3.73. The lowest BCUT2D eigenvalue weighted by molar-refractivity contribution is 0.290. The van der Waals surface area contributed by atoms with Crippen molar-refractivity contribution < 1.29 is 4.39 Å². The molecule has 0 spiro atoms. The van der Waals surface area contributed by atoms with Crippen LogP contribution < -0.4 is 5.32 Å². The van der Waals surface area contributed by atoms with E-state index in [0.717, 1.165) is 23.7 Å². The van der Waals surface area contributed by atoms with Gasteiger partial charge in [-0.15, -0.1) is 0 Å². The van der Waals surface area contributed by atoms with Gasteiger partial charge in [0.2, 0.25) is 0 Å². The van der Waals surface area contributed by atoms with Crippen molar-refractivity contribution in [1.82, 2.24) is 5.32 Å². The highest BCUT2D eigenvalue weighted by Crippen LogP contribution is 2.28. The SMILES string of the molecule is CC1(NC2=NCCN=C(c3ccc(F)cc3)C2)CCCCC1. The Morgan fingerprint density at radius 2 is 1.68 bits per heavy atom. The summed E-state index contributed by atoms with van der Waals surface area (Å²) in [6, 6.07) is 6.60. The van der Waals surface area contributed by atoms with Gasteiger partial charge in [0, 0.05) is 17.7 Å². The number of hydrogen-bond donors (Lipinski definition) is 1. The average molecular weight is 301 g/mol. The number of nitrogens with zero attached hydrogens (tertiary/aromatic N) is 2. The normalized spacial score (nSPS) is 21.5. The van der Waals surface area contributed by atoms with E-state index < -0.39 is 0 Å². The van der Waals surface area contributed by atoms with Crippen molar-refractivity contribution in [2.75, 3.05) is 13.1 Å². The van der Waals surface area contributed by atoms with Gasteiger partial charge in [-0.25, -0.2) is 4.39 Å². The molecule has 0 amide bonds. The summed E-state index contributed by atoms with van der Waals surface area (Å²) in [6.07, 6.45) is 7.03. The zero-order chi connectivity index (χ0) is 15.4. The standard InChI is InChI=1S/C18H24FN3/c1-18(9-3-2-4-10-18)22-17-13-16(20-11-12-21-17)14-5-7-15(19)8-6-14/h5-8H,2-4,9-13H2,1H3,(H,21,22). The fourth-order valence-electron chi connectivity index (χ4n) is 3.37. The highest BCUT2D eigenvalue weighted by Gasteiger charge is 2.28. The van der Waals surface area contributed by atoms with Gasteiger partial charge in [-0.05, 0) is 37.5 Å². The van der Waals surface area contributed by atoms with Crippen LogP contribution in [-0.2, 0) is 0 Å². The summed E-state index contributed by atoms with van der Waals surface area (Å²) >= 11 is 0. The van der Waals surface area contributed by atoms with Gasteiger partial charge >= 0.3 is 0 Å². The van der Waals surface area contributed by atoms with Crippen molar-refractivity contribution in [3.63, 3.8) is 0 Å². The number of hydrogen-bond acceptors (Lipinski definition) is 3. The van der Waals surface area contributed by atoms with E-state index in [-0.39, 0.29) is 11.4 Å². The molecule has 118 valence electrons. The van der Waals surface area contributed by atoms with E-state index in [2.05, 4.69) is 22.2 Å². The molecule has 1 N–H and O–H groups in total. The molecule has 2 aliphatic rings. The highest BCUT2D eigenvalue weighted by atomic mass is 19.1. The molecule has 1 aliphatic carbocycles. The van der Waals surface area contributed by atoms with E-state index in [0.29, 0.717) is 13.0 Å². The Morgan fingerprint density at radius 1 is 1.00 bits per heavy atom. The van der Waals surface area contributed by atoms with Crippen LogP contribution in [0, 0.1) is 5.82 Å². The van der Waals surface area contributed by atoms with Crippen molar-refractivity contribution in [3.8, 4) is 0 Å². The molecule has 1 fully saturated rings. The molecule has 3 nitrogen and oxygen atoms in total. The monoisotopic (exact) mass is 301 g/mol. The molecule has 22 heavy (non-hydrogen) atoms. The third-order valence-corrected chi connectivity index (χ3v) is 4.62. The molecule has 0 radical (unpaired) electrons. The first-order valence-electron chi connectivity index (χ1n) is 8.25. The summed E-state index contributed by atoms with van der Waals surface area (Å²) in [5.41, 5.74) is 2.16. The summed E-state index contributed by atoms with van der Waals surface area (Å²) in [7, 11) is 0. The average Bonchev–Trinajstić information content (AvgIpc) is 2.74. The molecule has 0 bridgehead atoms. The van der Waals surface area contributed by atoms with Gasteiger partial charge in [-0.2, -0.15) is 0 Å². The molecule has 1 aromatic rings. The maximum atomic E-state index is 13.1. The first kappa shape index (κ1) is 15.2. The van der Waals surface area contributed by atoms with Crippen LogP contribution in [-0.4, -0.2) is 30.2 Å². The summed E-state index contributed by atoms with van der Waals surface area (Å²) in [4.78, 5) is 9.30. The number of rotatable bonds is 2. The lowest BCUT2D eigenvalue weighted by Crippen LogP contribution is -2.47. The van der Waals surface area contributed by atoms with Gasteiger partial charge in [0.1, 0.15) is 11.7 Å². The van der Waals surface area contributed by atoms with Crippen molar-refractivity contribution in [2.45, 2.75) is 51.0 Å². The minimum atomic E-state index is -0.209. The number of amidine groups is 1. The second-order valence-electron chi connectivity index (χ2n) is 6.59. The third-order valence-electron chi connectivity index (χ3n) is 4.62. The van der Waals surface area contributed by atoms with E-state index >= 15 is 0 Å². The molecule has 1 heterocycles. The maximum absolute atomic E-state index is 13.1. The van der Waals surface area contributed by atoms with Gasteiger partial charge in [0.15, 0.2) is 0 Å². The van der Waals surface area contributed by atoms with Gasteiger partial charge in [0.05, 0.1) is 13.1 Å². The number of benzene rings is 1. The molecule has 1 aromatic carbocycles. The largest absolute Gasteiger partial charge is 0.368 e. The first-order valence-corrected chi connectivity index (χ1v) is 8.25. The Labute approximate surface area is 131 Å². The summed E-state index contributed by atoms with van der Waals surface area (Å²) < 4.78 is 13.1. The van der Waals surface area contributed by atoms with E-state index in [1.165, 1.54) is 44.2 Å². The van der Waals surface area contributed by atoms with Crippen molar-refractivity contribution in [1.29, 1.82) is 0 Å². The highest BCUT2D eigenvalue weighted by molar-refractivity contribution is 6.12. The van der Waals surface area contributed by atoms with E-state index in [1.54, 1.807) is 12.1 Å². The molecule has 0 unspecified atom stereocenters. The van der Waals surface area contributed by atoms with Gasteiger partial charge in [-0.3, -0.25) is 9.98 Å². The van der Waals surface area contributed by atoms with Crippen LogP contribution in [0.3, 0.4) is 0 Å². The second-order valence-corrected chi connectivity index (χ2v) is 6.59. The van der Waals surface area contributed by atoms with Gasteiger partial charge in [-0.1, -0.05) is 31.4 Å². The molecular weight excluding hydrogens is 277 g/mol. The zero-order valence-corrected chi connectivity index (χ0v) is 13.2. The molecular formula is C18H24FN3. The molecule has 1 saturated carbocycles. The minimum absolute atomic E-state index is 0.162. The molecule has 3 rings (SSSR count). The quantitative estimate of drug-likeness (QED) is 0.888. The lowest BCUT2D eigenvalue weighted by atomic mass is 9.83.